The van der Waals surface area contributed by atoms with Gasteiger partial charge in [0.25, 0.3) is 0 Å². The molecule has 418 valence electrons. The van der Waals surface area contributed by atoms with Crippen LogP contribution in [-0.4, -0.2) is 96.9 Å². The highest BCUT2D eigenvalue weighted by molar-refractivity contribution is 7.61. The molecule has 2 rings (SSSR count). The SMILES string of the molecule is CC/C=C\C/C=C\C/C=C\C/C=C\C/C=C\C/C=C\CCC(=O)O[C@H](COC(=O)CCC/C=C\C/C=C\C/C=C\C/C=C\CC[C@@H](O)CC)COP(=O)(O)OP(=O)(O)OC[C@H]1O[C@@H](n2ccc(N)nc2=O)[C@H](O)[C@@H]1O. The predicted octanol–water partition coefficient (Wildman–Crippen LogP) is 9.74. The molecule has 8 atom stereocenters. The van der Waals surface area contributed by atoms with Crippen LogP contribution in [0.3, 0.4) is 0 Å². The van der Waals surface area contributed by atoms with E-state index in [9.17, 15) is 48.6 Å². The van der Waals surface area contributed by atoms with Crippen LogP contribution in [0, 0.1) is 0 Å². The Hall–Kier alpha value is -4.88. The predicted molar refractivity (Wildman–Crippen MR) is 290 cm³/mol. The molecular weight excluding hydrogens is 1010 g/mol. The van der Waals surface area contributed by atoms with Crippen LogP contribution in [0.4, 0.5) is 5.82 Å². The molecule has 1 aromatic rings. The van der Waals surface area contributed by atoms with Gasteiger partial charge in [0.1, 0.15) is 30.7 Å². The zero-order valence-corrected chi connectivity index (χ0v) is 45.2. The number of phosphoric acid groups is 2. The molecule has 0 amide bonds. The van der Waals surface area contributed by atoms with Crippen LogP contribution in [0.15, 0.2) is 139 Å². The second-order valence-corrected chi connectivity index (χ2v) is 20.1. The smallest absolute Gasteiger partial charge is 0.462 e. The number of allylic oxidation sites excluding steroid dienone is 20. The number of aromatic nitrogens is 2. The van der Waals surface area contributed by atoms with Gasteiger partial charge >= 0.3 is 33.3 Å². The summed E-state index contributed by atoms with van der Waals surface area (Å²) >= 11 is 0. The van der Waals surface area contributed by atoms with Gasteiger partial charge in [0, 0.05) is 19.0 Å². The molecule has 7 N–H and O–H groups in total. The van der Waals surface area contributed by atoms with Crippen LogP contribution in [0.2, 0.25) is 0 Å². The van der Waals surface area contributed by atoms with Gasteiger partial charge in [-0.3, -0.25) is 23.2 Å². The fraction of sp³-hybridized carbons (Fsp3) is 0.519. The second kappa shape index (κ2) is 40.4. The molecule has 2 heterocycles. The number of nitrogens with two attached hydrogens (primary N) is 1. The molecule has 75 heavy (non-hydrogen) atoms. The minimum Gasteiger partial charge on any atom is -0.462 e. The summed E-state index contributed by atoms with van der Waals surface area (Å²) in [4.78, 5) is 61.9. The zero-order valence-electron chi connectivity index (χ0n) is 43.4. The molecule has 0 saturated carbocycles. The molecule has 0 aliphatic carbocycles. The van der Waals surface area contributed by atoms with Crippen molar-refractivity contribution in [2.24, 2.45) is 0 Å². The van der Waals surface area contributed by atoms with Gasteiger partial charge in [0.15, 0.2) is 12.3 Å². The fourth-order valence-corrected chi connectivity index (χ4v) is 8.71. The number of aliphatic hydroxyl groups excluding tert-OH is 3. The number of anilines is 1. The number of carbonyl (C=O) groups is 2. The molecule has 1 aromatic heterocycles. The lowest BCUT2D eigenvalue weighted by Gasteiger charge is -2.21. The molecular formula is C54H81N3O16P2. The number of nitrogen functional groups attached to an aromatic ring is 1. The van der Waals surface area contributed by atoms with Crippen LogP contribution in [0.1, 0.15) is 129 Å². The van der Waals surface area contributed by atoms with Crippen LogP contribution >= 0.6 is 15.6 Å². The van der Waals surface area contributed by atoms with Crippen molar-refractivity contribution in [2.75, 3.05) is 25.6 Å². The number of esters is 2. The van der Waals surface area contributed by atoms with Crippen molar-refractivity contribution in [3.8, 4) is 0 Å². The van der Waals surface area contributed by atoms with Crippen LogP contribution in [-0.2, 0) is 46.3 Å². The van der Waals surface area contributed by atoms with Crippen molar-refractivity contribution < 1.29 is 71.4 Å². The lowest BCUT2D eigenvalue weighted by atomic mass is 10.1. The quantitative estimate of drug-likeness (QED) is 0.0154. The standard InChI is InChI=1S/C54H81N3O16P2/c1-3-5-6-7-8-9-10-11-12-13-14-15-16-21-24-27-30-33-36-39-50(60)71-46(42-68-49(59)38-35-32-29-26-23-20-18-17-19-22-25-28-31-34-37-45(58)4-2)43-69-74(64,65)73-75(66,67)70-44-47-51(61)52(62)53(72-47)57-41-40-48(55)56-54(57)63/h5-6,8-9,11-12,14-15,18-22,24,26,28-31,33,40-41,45-47,51-53,58,61-62H,3-4,7,10,13,16-17,23,25,27,32,34-39,42-44H2,1-2H3,(H,64,65)(H,66,67)(H2,55,56,63)/b6-5-,9-8-,12-11-,15-14-,20-18-,22-19-,24-21-,29-26-,31-28-,33-30-/t45-,46+,47+,51+,52+,53+/m0/s1. The summed E-state index contributed by atoms with van der Waals surface area (Å²) in [5, 5.41) is 30.5. The maximum absolute atomic E-state index is 12.9. The van der Waals surface area contributed by atoms with E-state index in [1.54, 1.807) is 6.08 Å². The topological polar surface area (TPSA) is 286 Å². The molecule has 1 saturated heterocycles. The van der Waals surface area contributed by atoms with Crippen molar-refractivity contribution in [2.45, 2.75) is 160 Å². The maximum atomic E-state index is 12.9. The Kier molecular flexibility index (Phi) is 35.7. The largest absolute Gasteiger partial charge is 0.481 e. The molecule has 0 aromatic carbocycles. The van der Waals surface area contributed by atoms with Crippen LogP contribution in [0.5, 0.6) is 0 Å². The summed E-state index contributed by atoms with van der Waals surface area (Å²) < 4.78 is 56.6. The number of rotatable bonds is 40. The number of unbranched alkanes of at least 4 members (excludes halogenated alkanes) is 1. The van der Waals surface area contributed by atoms with E-state index in [0.29, 0.717) is 25.7 Å². The Bertz CT molecular complexity index is 2250. The third-order valence-electron chi connectivity index (χ3n) is 10.7. The van der Waals surface area contributed by atoms with E-state index >= 15 is 0 Å². The summed E-state index contributed by atoms with van der Waals surface area (Å²) in [6, 6.07) is 1.24. The van der Waals surface area contributed by atoms with Crippen LogP contribution < -0.4 is 11.4 Å². The van der Waals surface area contributed by atoms with E-state index in [2.05, 4.69) is 95.2 Å². The number of phosphoric ester groups is 2. The van der Waals surface area contributed by atoms with E-state index in [-0.39, 0.29) is 24.8 Å². The highest BCUT2D eigenvalue weighted by atomic mass is 31.3. The molecule has 1 fully saturated rings. The Morgan fingerprint density at radius 1 is 0.693 bits per heavy atom. The maximum Gasteiger partial charge on any atom is 0.481 e. The fourth-order valence-electron chi connectivity index (χ4n) is 6.60. The van der Waals surface area contributed by atoms with Crippen molar-refractivity contribution in [1.29, 1.82) is 0 Å². The van der Waals surface area contributed by atoms with E-state index in [0.717, 1.165) is 81.4 Å². The highest BCUT2D eigenvalue weighted by Crippen LogP contribution is 2.60. The molecule has 0 spiro atoms. The average molecular weight is 1090 g/mol. The van der Waals surface area contributed by atoms with Crippen molar-refractivity contribution in [3.63, 3.8) is 0 Å². The number of hydrogen-bond donors (Lipinski definition) is 6. The number of carbonyl (C=O) groups excluding carboxylic acids is 2. The number of aliphatic hydroxyl groups is 3. The van der Waals surface area contributed by atoms with E-state index in [1.165, 1.54) is 6.07 Å². The summed E-state index contributed by atoms with van der Waals surface area (Å²) in [5.74, 6) is -1.50. The highest BCUT2D eigenvalue weighted by Gasteiger charge is 2.46. The Labute approximate surface area is 442 Å². The lowest BCUT2D eigenvalue weighted by molar-refractivity contribution is -0.161. The van der Waals surface area contributed by atoms with E-state index in [4.69, 9.17) is 29.0 Å². The van der Waals surface area contributed by atoms with Gasteiger partial charge in [-0.05, 0) is 102 Å². The van der Waals surface area contributed by atoms with Crippen molar-refractivity contribution in [1.82, 2.24) is 9.55 Å². The first kappa shape index (κ1) is 66.2. The lowest BCUT2D eigenvalue weighted by Crippen LogP contribution is -2.36. The number of ether oxygens (including phenoxy) is 3. The first-order valence-electron chi connectivity index (χ1n) is 25.6. The van der Waals surface area contributed by atoms with Gasteiger partial charge in [0.2, 0.25) is 0 Å². The first-order chi connectivity index (χ1) is 36.1. The molecule has 1 aliphatic heterocycles. The Morgan fingerprint density at radius 2 is 1.19 bits per heavy atom. The summed E-state index contributed by atoms with van der Waals surface area (Å²) in [7, 11) is -10.9. The summed E-state index contributed by atoms with van der Waals surface area (Å²) in [5.41, 5.74) is 4.57. The summed E-state index contributed by atoms with van der Waals surface area (Å²) in [6.45, 7) is 1.61. The third-order valence-corrected chi connectivity index (χ3v) is 13.3. The Balaban J connectivity index is 1.86. The minimum atomic E-state index is -5.47. The average Bonchev–Trinajstić information content (AvgIpc) is 3.65. The van der Waals surface area contributed by atoms with Gasteiger partial charge in [-0.15, -0.1) is 0 Å². The van der Waals surface area contributed by atoms with Gasteiger partial charge in [-0.1, -0.05) is 135 Å². The number of nitrogens with zero attached hydrogens (tertiary/aromatic N) is 2. The van der Waals surface area contributed by atoms with Crippen molar-refractivity contribution >= 4 is 33.4 Å². The second-order valence-electron chi connectivity index (χ2n) is 17.1. The molecule has 0 radical (unpaired) electrons. The molecule has 2 unspecified atom stereocenters. The third kappa shape index (κ3) is 33.0. The zero-order chi connectivity index (χ0) is 55.0. The normalized spacial score (nSPS) is 20.2. The monoisotopic (exact) mass is 1090 g/mol. The summed E-state index contributed by atoms with van der Waals surface area (Å²) in [6.07, 6.45) is 45.3. The molecule has 0 bridgehead atoms. The molecule has 21 heteroatoms. The van der Waals surface area contributed by atoms with Gasteiger partial charge in [-0.2, -0.15) is 9.29 Å². The molecule has 1 aliphatic rings. The number of hydrogen-bond acceptors (Lipinski definition) is 16. The first-order valence-corrected chi connectivity index (χ1v) is 28.6. The van der Waals surface area contributed by atoms with E-state index < -0.39 is 83.7 Å². The van der Waals surface area contributed by atoms with E-state index in [1.807, 2.05) is 43.4 Å². The van der Waals surface area contributed by atoms with Gasteiger partial charge < -0.3 is 45.1 Å². The van der Waals surface area contributed by atoms with Gasteiger partial charge in [0.05, 0.1) is 19.3 Å². The van der Waals surface area contributed by atoms with Crippen LogP contribution in [0.25, 0.3) is 0 Å². The van der Waals surface area contributed by atoms with Crippen molar-refractivity contribution in [3.05, 3.63) is 144 Å². The van der Waals surface area contributed by atoms with Gasteiger partial charge in [-0.25, -0.2) is 13.9 Å². The Morgan fingerprint density at radius 3 is 1.71 bits per heavy atom. The molecule has 19 nitrogen and oxygen atoms in total. The minimum absolute atomic E-state index is 0.0141.